The van der Waals surface area contributed by atoms with E-state index in [1.165, 1.54) is 0 Å². The first-order valence-corrected chi connectivity index (χ1v) is 11.8. The second-order valence-corrected chi connectivity index (χ2v) is 9.48. The number of aliphatic imine (C=N–C) groups is 1. The molecule has 1 unspecified atom stereocenters. The third-order valence-corrected chi connectivity index (χ3v) is 6.67. The van der Waals surface area contributed by atoms with Crippen molar-refractivity contribution in [1.29, 1.82) is 0 Å². The first-order valence-electron chi connectivity index (χ1n) is 10.2. The number of hydrogen-bond acceptors (Lipinski definition) is 5. The van der Waals surface area contributed by atoms with Gasteiger partial charge in [-0.2, -0.15) is 0 Å². The van der Waals surface area contributed by atoms with Crippen LogP contribution in [0.1, 0.15) is 32.3 Å². The number of rotatable bonds is 9. The summed E-state index contributed by atoms with van der Waals surface area (Å²) in [7, 11) is -3.12. The van der Waals surface area contributed by atoms with Gasteiger partial charge in [0, 0.05) is 25.7 Å². The van der Waals surface area contributed by atoms with Gasteiger partial charge in [-0.3, -0.25) is 4.99 Å². The monoisotopic (exact) mass is 426 g/mol. The standard InChI is InChI=1S/C20H34N4O4S/c1-4-21-20(23-17-9-11-24(12-10-17)29(26,27)5-2)22-14-18(25)15-28-19-8-6-7-16(3)13-19/h6-8,13,17-18,25H,4-5,9-12,14-15H2,1-3H3,(H2,21,22,23). The average Bonchev–Trinajstić information content (AvgIpc) is 2.71. The van der Waals surface area contributed by atoms with Gasteiger partial charge in [-0.05, 0) is 51.3 Å². The number of piperidine rings is 1. The van der Waals surface area contributed by atoms with E-state index < -0.39 is 16.1 Å². The van der Waals surface area contributed by atoms with Crippen molar-refractivity contribution >= 4 is 16.0 Å². The molecule has 1 aromatic rings. The van der Waals surface area contributed by atoms with E-state index in [9.17, 15) is 13.5 Å². The van der Waals surface area contributed by atoms with Crippen LogP contribution in [0.3, 0.4) is 0 Å². The summed E-state index contributed by atoms with van der Waals surface area (Å²) in [6.45, 7) is 7.74. The summed E-state index contributed by atoms with van der Waals surface area (Å²) in [5.74, 6) is 1.49. The number of aliphatic hydroxyl groups excluding tert-OH is 1. The lowest BCUT2D eigenvalue weighted by atomic mass is 10.1. The molecule has 0 radical (unpaired) electrons. The van der Waals surface area contributed by atoms with Gasteiger partial charge < -0.3 is 20.5 Å². The van der Waals surface area contributed by atoms with Crippen molar-refractivity contribution in [2.45, 2.75) is 45.8 Å². The lowest BCUT2D eigenvalue weighted by molar-refractivity contribution is 0.114. The minimum atomic E-state index is -3.12. The van der Waals surface area contributed by atoms with Crippen LogP contribution in [0.25, 0.3) is 0 Å². The summed E-state index contributed by atoms with van der Waals surface area (Å²) in [6, 6.07) is 7.84. The molecule has 0 aliphatic carbocycles. The Kier molecular flexibility index (Phi) is 9.19. The van der Waals surface area contributed by atoms with E-state index in [0.29, 0.717) is 25.6 Å². The molecule has 1 aromatic carbocycles. The van der Waals surface area contributed by atoms with Crippen LogP contribution in [0.15, 0.2) is 29.3 Å². The van der Waals surface area contributed by atoms with Crippen molar-refractivity contribution in [3.8, 4) is 5.75 Å². The number of sulfonamides is 1. The maximum atomic E-state index is 12.0. The Bertz CT molecular complexity index is 761. The fourth-order valence-electron chi connectivity index (χ4n) is 3.12. The largest absolute Gasteiger partial charge is 0.491 e. The highest BCUT2D eigenvalue weighted by molar-refractivity contribution is 7.89. The van der Waals surface area contributed by atoms with Crippen molar-refractivity contribution in [2.24, 2.45) is 4.99 Å². The summed E-state index contributed by atoms with van der Waals surface area (Å²) in [6.07, 6.45) is 0.730. The summed E-state index contributed by atoms with van der Waals surface area (Å²) in [5, 5.41) is 16.7. The van der Waals surface area contributed by atoms with Gasteiger partial charge in [0.1, 0.15) is 18.5 Å². The van der Waals surface area contributed by atoms with Crippen molar-refractivity contribution in [3.63, 3.8) is 0 Å². The number of nitrogens with zero attached hydrogens (tertiary/aromatic N) is 2. The SMILES string of the molecule is CCNC(=NCC(O)COc1cccc(C)c1)NC1CCN(S(=O)(=O)CC)CC1. The van der Waals surface area contributed by atoms with Crippen molar-refractivity contribution < 1.29 is 18.3 Å². The summed E-state index contributed by atoms with van der Waals surface area (Å²) in [4.78, 5) is 4.45. The van der Waals surface area contributed by atoms with Crippen LogP contribution in [0.4, 0.5) is 0 Å². The van der Waals surface area contributed by atoms with Crippen LogP contribution < -0.4 is 15.4 Å². The number of nitrogens with one attached hydrogen (secondary N) is 2. The van der Waals surface area contributed by atoms with Crippen LogP contribution in [-0.2, 0) is 10.0 Å². The molecule has 1 atom stereocenters. The summed E-state index contributed by atoms with van der Waals surface area (Å²) >= 11 is 0. The van der Waals surface area contributed by atoms with Crippen molar-refractivity contribution in [2.75, 3.05) is 38.5 Å². The minimum Gasteiger partial charge on any atom is -0.491 e. The molecule has 3 N–H and O–H groups in total. The number of guanidine groups is 1. The molecule has 0 bridgehead atoms. The molecule has 0 aromatic heterocycles. The molecule has 1 aliphatic rings. The van der Waals surface area contributed by atoms with E-state index in [1.54, 1.807) is 11.2 Å². The van der Waals surface area contributed by atoms with E-state index in [-0.39, 0.29) is 24.9 Å². The van der Waals surface area contributed by atoms with Gasteiger partial charge in [-0.25, -0.2) is 12.7 Å². The average molecular weight is 427 g/mol. The van der Waals surface area contributed by atoms with Gasteiger partial charge in [0.2, 0.25) is 10.0 Å². The molecular weight excluding hydrogens is 392 g/mol. The second kappa shape index (κ2) is 11.4. The fourth-order valence-corrected chi connectivity index (χ4v) is 4.25. The molecular formula is C20H34N4O4S. The Morgan fingerprint density at radius 2 is 2.07 bits per heavy atom. The normalized spacial score (nSPS) is 17.7. The van der Waals surface area contributed by atoms with Crippen LogP contribution in [0.5, 0.6) is 5.75 Å². The topological polar surface area (TPSA) is 103 Å². The zero-order valence-electron chi connectivity index (χ0n) is 17.6. The molecule has 1 fully saturated rings. The van der Waals surface area contributed by atoms with E-state index in [1.807, 2.05) is 38.1 Å². The maximum Gasteiger partial charge on any atom is 0.213 e. The number of benzene rings is 1. The van der Waals surface area contributed by atoms with Gasteiger partial charge >= 0.3 is 0 Å². The zero-order chi connectivity index (χ0) is 21.3. The lowest BCUT2D eigenvalue weighted by Gasteiger charge is -2.32. The molecule has 0 saturated carbocycles. The Balaban J connectivity index is 1.81. The Morgan fingerprint density at radius 3 is 2.69 bits per heavy atom. The third kappa shape index (κ3) is 7.83. The zero-order valence-corrected chi connectivity index (χ0v) is 18.4. The molecule has 2 rings (SSSR count). The van der Waals surface area contributed by atoms with Crippen molar-refractivity contribution in [1.82, 2.24) is 14.9 Å². The number of ether oxygens (including phenoxy) is 1. The van der Waals surface area contributed by atoms with Gasteiger partial charge in [0.25, 0.3) is 0 Å². The minimum absolute atomic E-state index is 0.137. The van der Waals surface area contributed by atoms with Crippen LogP contribution in [0.2, 0.25) is 0 Å². The fraction of sp³-hybridized carbons (Fsp3) is 0.650. The van der Waals surface area contributed by atoms with Gasteiger partial charge in [0.15, 0.2) is 5.96 Å². The smallest absolute Gasteiger partial charge is 0.213 e. The summed E-state index contributed by atoms with van der Waals surface area (Å²) in [5.41, 5.74) is 1.10. The third-order valence-electron chi connectivity index (χ3n) is 4.79. The van der Waals surface area contributed by atoms with E-state index >= 15 is 0 Å². The Morgan fingerprint density at radius 1 is 1.34 bits per heavy atom. The second-order valence-electron chi connectivity index (χ2n) is 7.22. The van der Waals surface area contributed by atoms with E-state index in [2.05, 4.69) is 15.6 Å². The predicted molar refractivity (Wildman–Crippen MR) is 116 cm³/mol. The molecule has 1 saturated heterocycles. The van der Waals surface area contributed by atoms with Gasteiger partial charge in [-0.1, -0.05) is 12.1 Å². The van der Waals surface area contributed by atoms with Crippen LogP contribution in [0, 0.1) is 6.92 Å². The highest BCUT2D eigenvalue weighted by Crippen LogP contribution is 2.15. The van der Waals surface area contributed by atoms with Gasteiger partial charge in [-0.15, -0.1) is 0 Å². The highest BCUT2D eigenvalue weighted by Gasteiger charge is 2.27. The quantitative estimate of drug-likeness (QED) is 0.404. The first kappa shape index (κ1) is 23.4. The highest BCUT2D eigenvalue weighted by atomic mass is 32.2. The molecule has 0 amide bonds. The number of aliphatic hydroxyl groups is 1. The van der Waals surface area contributed by atoms with Crippen LogP contribution in [-0.4, -0.2) is 74.5 Å². The Labute approximate surface area is 174 Å². The molecule has 1 aliphatic heterocycles. The molecule has 9 heteroatoms. The van der Waals surface area contributed by atoms with Crippen molar-refractivity contribution in [3.05, 3.63) is 29.8 Å². The summed E-state index contributed by atoms with van der Waals surface area (Å²) < 4.78 is 31.1. The lowest BCUT2D eigenvalue weighted by Crippen LogP contribution is -2.50. The molecule has 0 spiro atoms. The Hall–Kier alpha value is -1.84. The van der Waals surface area contributed by atoms with Gasteiger partial charge in [0.05, 0.1) is 12.3 Å². The molecule has 1 heterocycles. The predicted octanol–water partition coefficient (Wildman–Crippen LogP) is 1.10. The number of hydrogen-bond donors (Lipinski definition) is 3. The van der Waals surface area contributed by atoms with Crippen LogP contribution >= 0.6 is 0 Å². The van der Waals surface area contributed by atoms with E-state index in [4.69, 9.17) is 4.74 Å². The van der Waals surface area contributed by atoms with E-state index in [0.717, 1.165) is 24.2 Å². The number of aryl methyl sites for hydroxylation is 1. The first-order chi connectivity index (χ1) is 13.8. The maximum absolute atomic E-state index is 12.0. The molecule has 29 heavy (non-hydrogen) atoms. The molecule has 8 nitrogen and oxygen atoms in total. The molecule has 164 valence electrons.